The molecule has 0 saturated carbocycles. The second-order valence-corrected chi connectivity index (χ2v) is 10.0. The van der Waals surface area contributed by atoms with Crippen molar-refractivity contribution >= 4 is 23.7 Å². The number of hydrogen-bond donors (Lipinski definition) is 6. The number of rotatable bonds is 14. The largest absolute Gasteiger partial charge is 0.508 e. The van der Waals surface area contributed by atoms with E-state index in [-0.39, 0.29) is 30.4 Å². The highest BCUT2D eigenvalue weighted by Gasteiger charge is 2.38. The summed E-state index contributed by atoms with van der Waals surface area (Å²) in [6.07, 6.45) is 3.08. The van der Waals surface area contributed by atoms with Gasteiger partial charge < -0.3 is 37.2 Å². The zero-order valence-electron chi connectivity index (χ0n) is 21.7. The fourth-order valence-electron chi connectivity index (χ4n) is 4.48. The second kappa shape index (κ2) is 14.5. The summed E-state index contributed by atoms with van der Waals surface area (Å²) < 4.78 is 0. The van der Waals surface area contributed by atoms with Gasteiger partial charge in [0.1, 0.15) is 23.9 Å². The number of carbonyl (C=O) groups is 4. The molecule has 1 fully saturated rings. The molecular formula is C26H41N5O6. The lowest BCUT2D eigenvalue weighted by Crippen LogP contribution is -2.56. The lowest BCUT2D eigenvalue weighted by atomic mass is 10.0. The minimum absolute atomic E-state index is 0.0514. The molecule has 11 heteroatoms. The fourth-order valence-corrected chi connectivity index (χ4v) is 4.48. The van der Waals surface area contributed by atoms with Crippen LogP contribution in [0.1, 0.15) is 57.9 Å². The smallest absolute Gasteiger partial charge is 0.326 e. The molecule has 0 aliphatic carbocycles. The third-order valence-electron chi connectivity index (χ3n) is 6.45. The van der Waals surface area contributed by atoms with Gasteiger partial charge in [-0.15, -0.1) is 0 Å². The van der Waals surface area contributed by atoms with E-state index in [1.807, 2.05) is 13.8 Å². The van der Waals surface area contributed by atoms with E-state index in [4.69, 9.17) is 11.5 Å². The number of amides is 3. The molecule has 0 bridgehead atoms. The first-order chi connectivity index (χ1) is 17.5. The van der Waals surface area contributed by atoms with Crippen molar-refractivity contribution < 1.29 is 29.4 Å². The van der Waals surface area contributed by atoms with Crippen molar-refractivity contribution in [1.29, 1.82) is 0 Å². The van der Waals surface area contributed by atoms with E-state index in [2.05, 4.69) is 10.6 Å². The normalized spacial score (nSPS) is 17.8. The number of unbranched alkanes of at least 4 members (excludes halogenated alkanes) is 1. The number of carbonyl (C=O) groups excluding carboxylic acids is 3. The first-order valence-corrected chi connectivity index (χ1v) is 12.9. The average molecular weight is 520 g/mol. The second-order valence-electron chi connectivity index (χ2n) is 10.0. The van der Waals surface area contributed by atoms with Gasteiger partial charge >= 0.3 is 5.97 Å². The summed E-state index contributed by atoms with van der Waals surface area (Å²) in [5.41, 5.74) is 12.5. The van der Waals surface area contributed by atoms with Crippen LogP contribution in [0.15, 0.2) is 24.3 Å². The van der Waals surface area contributed by atoms with Crippen molar-refractivity contribution in [3.8, 4) is 5.75 Å². The van der Waals surface area contributed by atoms with E-state index in [9.17, 15) is 29.4 Å². The summed E-state index contributed by atoms with van der Waals surface area (Å²) in [6, 6.07) is 2.76. The minimum Gasteiger partial charge on any atom is -0.508 e. The number of likely N-dealkylation sites (tertiary alicyclic amines) is 1. The topological polar surface area (TPSA) is 188 Å². The molecule has 37 heavy (non-hydrogen) atoms. The third-order valence-corrected chi connectivity index (χ3v) is 6.45. The predicted molar refractivity (Wildman–Crippen MR) is 138 cm³/mol. The van der Waals surface area contributed by atoms with Gasteiger partial charge in [-0.1, -0.05) is 26.0 Å². The molecule has 1 saturated heterocycles. The summed E-state index contributed by atoms with van der Waals surface area (Å²) in [6.45, 7) is 4.53. The molecule has 1 aliphatic rings. The maximum Gasteiger partial charge on any atom is 0.326 e. The van der Waals surface area contributed by atoms with Crippen LogP contribution in [0.4, 0.5) is 0 Å². The molecule has 4 atom stereocenters. The summed E-state index contributed by atoms with van der Waals surface area (Å²) in [7, 11) is 0. The van der Waals surface area contributed by atoms with Gasteiger partial charge in [-0.2, -0.15) is 0 Å². The lowest BCUT2D eigenvalue weighted by Gasteiger charge is -2.29. The number of phenols is 1. The zero-order valence-corrected chi connectivity index (χ0v) is 21.7. The number of phenolic OH excluding ortho intramolecular Hbond substituents is 1. The summed E-state index contributed by atoms with van der Waals surface area (Å²) >= 11 is 0. The van der Waals surface area contributed by atoms with Gasteiger partial charge in [0.2, 0.25) is 17.7 Å². The SMILES string of the molecule is CC(C)CC(NC(=O)C(CCCCN)NC(=O)C1CCCN1C(=O)C(N)Cc1ccc(O)cc1)C(=O)O. The summed E-state index contributed by atoms with van der Waals surface area (Å²) in [4.78, 5) is 52.4. The van der Waals surface area contributed by atoms with Crippen LogP contribution in [-0.2, 0) is 25.6 Å². The van der Waals surface area contributed by atoms with Crippen LogP contribution in [0.2, 0.25) is 0 Å². The monoisotopic (exact) mass is 519 g/mol. The van der Waals surface area contributed by atoms with Crippen LogP contribution in [-0.4, -0.2) is 76.1 Å². The number of nitrogens with one attached hydrogen (secondary N) is 2. The number of benzene rings is 1. The predicted octanol–water partition coefficient (Wildman–Crippen LogP) is 0.482. The number of aliphatic carboxylic acids is 1. The molecule has 206 valence electrons. The van der Waals surface area contributed by atoms with Gasteiger partial charge in [-0.3, -0.25) is 14.4 Å². The van der Waals surface area contributed by atoms with Crippen molar-refractivity contribution in [2.24, 2.45) is 17.4 Å². The Bertz CT molecular complexity index is 923. The van der Waals surface area contributed by atoms with Crippen LogP contribution in [0.5, 0.6) is 5.75 Å². The van der Waals surface area contributed by atoms with E-state index < -0.39 is 42.0 Å². The van der Waals surface area contributed by atoms with Crippen molar-refractivity contribution in [1.82, 2.24) is 15.5 Å². The Kier molecular flexibility index (Phi) is 11.8. The molecule has 1 heterocycles. The minimum atomic E-state index is -1.13. The Morgan fingerprint density at radius 1 is 1.08 bits per heavy atom. The molecule has 8 N–H and O–H groups in total. The van der Waals surface area contributed by atoms with E-state index in [1.165, 1.54) is 17.0 Å². The van der Waals surface area contributed by atoms with Crippen LogP contribution in [0, 0.1) is 5.92 Å². The Hall–Kier alpha value is -3.18. The first kappa shape index (κ1) is 30.0. The van der Waals surface area contributed by atoms with Gasteiger partial charge in [0.25, 0.3) is 0 Å². The number of nitrogens with two attached hydrogens (primary N) is 2. The molecule has 0 radical (unpaired) electrons. The van der Waals surface area contributed by atoms with Crippen LogP contribution in [0.3, 0.4) is 0 Å². The quantitative estimate of drug-likeness (QED) is 0.191. The van der Waals surface area contributed by atoms with Gasteiger partial charge in [0.05, 0.1) is 6.04 Å². The highest BCUT2D eigenvalue weighted by Crippen LogP contribution is 2.20. The van der Waals surface area contributed by atoms with Crippen molar-refractivity contribution in [3.63, 3.8) is 0 Å². The van der Waals surface area contributed by atoms with Crippen LogP contribution < -0.4 is 22.1 Å². The molecule has 1 aromatic rings. The number of hydrogen-bond acceptors (Lipinski definition) is 7. The lowest BCUT2D eigenvalue weighted by molar-refractivity contribution is -0.143. The molecular weight excluding hydrogens is 478 g/mol. The molecule has 4 unspecified atom stereocenters. The number of nitrogens with zero attached hydrogens (tertiary/aromatic N) is 1. The van der Waals surface area contributed by atoms with Gasteiger partial charge in [-0.25, -0.2) is 4.79 Å². The van der Waals surface area contributed by atoms with Crippen molar-refractivity contribution in [2.45, 2.75) is 83.0 Å². The summed E-state index contributed by atoms with van der Waals surface area (Å²) in [5, 5.41) is 24.2. The fraction of sp³-hybridized carbons (Fsp3) is 0.615. The van der Waals surface area contributed by atoms with Crippen LogP contribution in [0.25, 0.3) is 0 Å². The van der Waals surface area contributed by atoms with Crippen molar-refractivity contribution in [3.05, 3.63) is 29.8 Å². The number of aromatic hydroxyl groups is 1. The highest BCUT2D eigenvalue weighted by atomic mass is 16.4. The Morgan fingerprint density at radius 3 is 2.35 bits per heavy atom. The third kappa shape index (κ3) is 9.32. The molecule has 0 spiro atoms. The maximum atomic E-state index is 13.2. The Morgan fingerprint density at radius 2 is 1.76 bits per heavy atom. The number of carboxylic acid groups (broad SMARTS) is 1. The number of carboxylic acids is 1. The average Bonchev–Trinajstić information content (AvgIpc) is 3.33. The van der Waals surface area contributed by atoms with E-state index >= 15 is 0 Å². The van der Waals surface area contributed by atoms with Crippen LogP contribution >= 0.6 is 0 Å². The van der Waals surface area contributed by atoms with E-state index in [1.54, 1.807) is 12.1 Å². The van der Waals surface area contributed by atoms with Gasteiger partial charge in [0.15, 0.2) is 0 Å². The summed E-state index contributed by atoms with van der Waals surface area (Å²) in [5.74, 6) is -2.37. The zero-order chi connectivity index (χ0) is 27.5. The Balaban J connectivity index is 2.08. The molecule has 11 nitrogen and oxygen atoms in total. The molecule has 1 aliphatic heterocycles. The molecule has 1 aromatic carbocycles. The first-order valence-electron chi connectivity index (χ1n) is 12.9. The van der Waals surface area contributed by atoms with Gasteiger partial charge in [-0.05, 0) is 75.1 Å². The molecule has 2 rings (SSSR count). The standard InChI is InChI=1S/C26H41N5O6/c1-16(2)14-21(26(36)37)30-23(33)20(6-3-4-12-27)29-24(34)22-7-5-13-31(22)25(35)19(28)15-17-8-10-18(32)11-9-17/h8-11,16,19-22,32H,3-7,12-15,27-28H2,1-2H3,(H,29,34)(H,30,33)(H,36,37). The Labute approximate surface area is 217 Å². The van der Waals surface area contributed by atoms with Crippen molar-refractivity contribution in [2.75, 3.05) is 13.1 Å². The van der Waals surface area contributed by atoms with E-state index in [0.717, 1.165) is 5.56 Å². The highest BCUT2D eigenvalue weighted by molar-refractivity contribution is 5.94. The van der Waals surface area contributed by atoms with E-state index in [0.29, 0.717) is 45.2 Å². The maximum absolute atomic E-state index is 13.2. The van der Waals surface area contributed by atoms with Gasteiger partial charge in [0, 0.05) is 6.54 Å². The molecule has 0 aromatic heterocycles. The molecule has 3 amide bonds.